The van der Waals surface area contributed by atoms with Crippen molar-refractivity contribution in [1.82, 2.24) is 0 Å². The summed E-state index contributed by atoms with van der Waals surface area (Å²) in [5.41, 5.74) is 5.49. The van der Waals surface area contributed by atoms with Crippen LogP contribution in [-0.4, -0.2) is 40.2 Å². The Morgan fingerprint density at radius 2 is 1.29 bits per heavy atom. The molecule has 0 aromatic carbocycles. The van der Waals surface area contributed by atoms with Crippen LogP contribution in [0.15, 0.2) is 12.2 Å². The van der Waals surface area contributed by atoms with E-state index >= 15 is 0 Å². The smallest absolute Gasteiger partial charge is 0.0971 e. The second-order valence-corrected chi connectivity index (χ2v) is 6.92. The van der Waals surface area contributed by atoms with Gasteiger partial charge in [0.1, 0.15) is 0 Å². The Kier molecular flexibility index (Phi) is 17.1. The average molecular weight is 344 g/mol. The van der Waals surface area contributed by atoms with Gasteiger partial charge in [-0.1, -0.05) is 70.4 Å². The molecule has 4 nitrogen and oxygen atoms in total. The van der Waals surface area contributed by atoms with Crippen molar-refractivity contribution in [3.8, 4) is 0 Å². The van der Waals surface area contributed by atoms with Crippen molar-refractivity contribution in [2.75, 3.05) is 6.61 Å². The van der Waals surface area contributed by atoms with Crippen LogP contribution < -0.4 is 5.73 Å². The molecule has 0 heterocycles. The van der Waals surface area contributed by atoms with Crippen LogP contribution in [0.5, 0.6) is 0 Å². The Bertz CT molecular complexity index is 284. The first-order valence-corrected chi connectivity index (χ1v) is 10.0. The molecule has 24 heavy (non-hydrogen) atoms. The largest absolute Gasteiger partial charge is 0.395 e. The second kappa shape index (κ2) is 17.4. The number of rotatable bonds is 17. The standard InChI is InChI=1S/C20H41NO3/c1-2-3-4-5-6-7-8-9-10-11-12-13-14-15-16-19(23)20(24)18(21)17-22/h12-13,18-20,22-24H,2-11,14-17,21H2,1H3/b13-12-/t18-,19+,20-/m0/s1. The molecule has 5 N–H and O–H groups in total. The molecule has 0 saturated carbocycles. The van der Waals surface area contributed by atoms with Gasteiger partial charge in [-0.15, -0.1) is 0 Å². The number of hydrogen-bond acceptors (Lipinski definition) is 4. The number of hydrogen-bond donors (Lipinski definition) is 4. The zero-order valence-corrected chi connectivity index (χ0v) is 15.7. The molecule has 0 radical (unpaired) electrons. The van der Waals surface area contributed by atoms with Gasteiger partial charge < -0.3 is 21.1 Å². The summed E-state index contributed by atoms with van der Waals surface area (Å²) in [5, 5.41) is 28.2. The third-order valence-electron chi connectivity index (χ3n) is 4.56. The van der Waals surface area contributed by atoms with E-state index in [-0.39, 0.29) is 6.61 Å². The van der Waals surface area contributed by atoms with E-state index in [2.05, 4.69) is 19.1 Å². The fourth-order valence-corrected chi connectivity index (χ4v) is 2.82. The lowest BCUT2D eigenvalue weighted by Gasteiger charge is -2.21. The van der Waals surface area contributed by atoms with Gasteiger partial charge in [0.15, 0.2) is 0 Å². The number of aliphatic hydroxyl groups is 3. The van der Waals surface area contributed by atoms with Crippen LogP contribution in [0.2, 0.25) is 0 Å². The number of nitrogens with two attached hydrogens (primary N) is 1. The number of aliphatic hydroxyl groups excluding tert-OH is 3. The molecule has 0 aliphatic rings. The summed E-state index contributed by atoms with van der Waals surface area (Å²) in [6.45, 7) is 1.95. The van der Waals surface area contributed by atoms with Crippen molar-refractivity contribution in [1.29, 1.82) is 0 Å². The highest BCUT2D eigenvalue weighted by Crippen LogP contribution is 2.11. The van der Waals surface area contributed by atoms with Crippen molar-refractivity contribution in [2.45, 2.75) is 109 Å². The van der Waals surface area contributed by atoms with Crippen LogP contribution in [0.3, 0.4) is 0 Å². The summed E-state index contributed by atoms with van der Waals surface area (Å²) >= 11 is 0. The second-order valence-electron chi connectivity index (χ2n) is 6.92. The molecule has 144 valence electrons. The van der Waals surface area contributed by atoms with Gasteiger partial charge >= 0.3 is 0 Å². The third kappa shape index (κ3) is 14.0. The minimum absolute atomic E-state index is 0.309. The van der Waals surface area contributed by atoms with E-state index in [0.29, 0.717) is 6.42 Å². The maximum atomic E-state index is 9.75. The lowest BCUT2D eigenvalue weighted by Crippen LogP contribution is -2.45. The summed E-state index contributed by atoms with van der Waals surface area (Å²) in [7, 11) is 0. The van der Waals surface area contributed by atoms with Crippen LogP contribution in [0.4, 0.5) is 0 Å². The van der Waals surface area contributed by atoms with Crippen LogP contribution in [0.1, 0.15) is 90.4 Å². The molecule has 0 spiro atoms. The van der Waals surface area contributed by atoms with E-state index in [9.17, 15) is 10.2 Å². The lowest BCUT2D eigenvalue weighted by molar-refractivity contribution is -0.0117. The lowest BCUT2D eigenvalue weighted by atomic mass is 10.0. The van der Waals surface area contributed by atoms with E-state index < -0.39 is 18.2 Å². The van der Waals surface area contributed by atoms with E-state index in [1.807, 2.05) is 0 Å². The molecule has 0 rings (SSSR count). The molecule has 0 aromatic heterocycles. The van der Waals surface area contributed by atoms with Crippen LogP contribution >= 0.6 is 0 Å². The first-order chi connectivity index (χ1) is 11.6. The SMILES string of the molecule is CCCCCCCCCCC/C=C\CCC[C@@H](O)[C@@H](O)[C@@H](N)CO. The Hall–Kier alpha value is -0.420. The fraction of sp³-hybridized carbons (Fsp3) is 0.900. The molecule has 0 unspecified atom stereocenters. The van der Waals surface area contributed by atoms with E-state index in [0.717, 1.165) is 19.3 Å². The molecule has 4 heteroatoms. The number of allylic oxidation sites excluding steroid dienone is 2. The van der Waals surface area contributed by atoms with E-state index in [1.165, 1.54) is 57.8 Å². The highest BCUT2D eigenvalue weighted by molar-refractivity contribution is 4.83. The van der Waals surface area contributed by atoms with Gasteiger partial charge in [0.05, 0.1) is 24.9 Å². The molecule has 0 aliphatic heterocycles. The highest BCUT2D eigenvalue weighted by Gasteiger charge is 2.21. The summed E-state index contributed by atoms with van der Waals surface area (Å²) < 4.78 is 0. The molecular formula is C20H41NO3. The van der Waals surface area contributed by atoms with Crippen molar-refractivity contribution in [3.63, 3.8) is 0 Å². The average Bonchev–Trinajstić information content (AvgIpc) is 2.60. The zero-order valence-electron chi connectivity index (χ0n) is 15.7. The van der Waals surface area contributed by atoms with Gasteiger partial charge in [0.25, 0.3) is 0 Å². The van der Waals surface area contributed by atoms with Crippen LogP contribution in [0, 0.1) is 0 Å². The quantitative estimate of drug-likeness (QED) is 0.240. The highest BCUT2D eigenvalue weighted by atomic mass is 16.3. The van der Waals surface area contributed by atoms with Crippen molar-refractivity contribution >= 4 is 0 Å². The molecule has 0 saturated heterocycles. The Balaban J connectivity index is 3.35. The van der Waals surface area contributed by atoms with Gasteiger partial charge in [-0.2, -0.15) is 0 Å². The Morgan fingerprint density at radius 1 is 0.792 bits per heavy atom. The van der Waals surface area contributed by atoms with E-state index in [1.54, 1.807) is 0 Å². The molecule has 0 bridgehead atoms. The van der Waals surface area contributed by atoms with Crippen LogP contribution in [-0.2, 0) is 0 Å². The minimum Gasteiger partial charge on any atom is -0.395 e. The molecular weight excluding hydrogens is 302 g/mol. The fourth-order valence-electron chi connectivity index (χ4n) is 2.82. The molecule has 3 atom stereocenters. The van der Waals surface area contributed by atoms with Crippen molar-refractivity contribution in [2.24, 2.45) is 5.73 Å². The van der Waals surface area contributed by atoms with Gasteiger partial charge in [-0.05, 0) is 32.1 Å². The summed E-state index contributed by atoms with van der Waals surface area (Å²) in [6, 6.07) is -0.762. The molecule has 0 aromatic rings. The van der Waals surface area contributed by atoms with E-state index in [4.69, 9.17) is 10.8 Å². The van der Waals surface area contributed by atoms with Gasteiger partial charge in [-0.25, -0.2) is 0 Å². The van der Waals surface area contributed by atoms with Crippen molar-refractivity contribution in [3.05, 3.63) is 12.2 Å². The monoisotopic (exact) mass is 343 g/mol. The number of unbranched alkanes of at least 4 members (excludes halogenated alkanes) is 10. The summed E-state index contributed by atoms with van der Waals surface area (Å²) in [4.78, 5) is 0. The first-order valence-electron chi connectivity index (χ1n) is 10.0. The van der Waals surface area contributed by atoms with Gasteiger partial charge in [-0.3, -0.25) is 0 Å². The van der Waals surface area contributed by atoms with Gasteiger partial charge in [0.2, 0.25) is 0 Å². The maximum Gasteiger partial charge on any atom is 0.0971 e. The molecule has 0 fully saturated rings. The first kappa shape index (κ1) is 23.6. The minimum atomic E-state index is -1.04. The predicted molar refractivity (Wildman–Crippen MR) is 102 cm³/mol. The normalized spacial score (nSPS) is 15.7. The molecule has 0 aliphatic carbocycles. The topological polar surface area (TPSA) is 86.7 Å². The van der Waals surface area contributed by atoms with Gasteiger partial charge in [0, 0.05) is 0 Å². The summed E-state index contributed by atoms with van der Waals surface area (Å²) in [5.74, 6) is 0. The Labute approximate surface area is 149 Å². The molecule has 0 amide bonds. The predicted octanol–water partition coefficient (Wildman–Crippen LogP) is 3.68. The Morgan fingerprint density at radius 3 is 1.83 bits per heavy atom. The van der Waals surface area contributed by atoms with Crippen LogP contribution in [0.25, 0.3) is 0 Å². The third-order valence-corrected chi connectivity index (χ3v) is 4.56. The summed E-state index contributed by atoms with van der Waals surface area (Å²) in [6.07, 6.45) is 18.1. The van der Waals surface area contributed by atoms with Crippen molar-refractivity contribution < 1.29 is 15.3 Å². The zero-order chi connectivity index (χ0) is 18.0. The maximum absolute atomic E-state index is 9.75.